The molecule has 0 amide bonds. The maximum atomic E-state index is 5.75. The summed E-state index contributed by atoms with van der Waals surface area (Å²) in [4.78, 5) is 0. The van der Waals surface area contributed by atoms with Gasteiger partial charge in [-0.1, -0.05) is 47.7 Å². The Hall–Kier alpha value is -3.44. The van der Waals surface area contributed by atoms with Crippen LogP contribution in [0.4, 0.5) is 0 Å². The van der Waals surface area contributed by atoms with Gasteiger partial charge in [-0.3, -0.25) is 0 Å². The number of hydrogen-bond acceptors (Lipinski definition) is 2. The Balaban J connectivity index is 1.78. The first kappa shape index (κ1) is 16.1. The number of hydrogen-bond donors (Lipinski definition) is 0. The van der Waals surface area contributed by atoms with Crippen LogP contribution in [0.15, 0.2) is 77.4 Å². The maximum absolute atomic E-state index is 5.75. The topological polar surface area (TPSA) is 22.4 Å². The smallest absolute Gasteiger partial charge is 0.138 e. The van der Waals surface area contributed by atoms with Gasteiger partial charge in [0.25, 0.3) is 0 Å². The average Bonchev–Trinajstić information content (AvgIpc) is 3.10. The number of fused-ring (bicyclic) bond motifs is 1. The minimum atomic E-state index is 0.783. The Morgan fingerprint density at radius 3 is 2.46 bits per heavy atom. The highest BCUT2D eigenvalue weighted by atomic mass is 16.5. The van der Waals surface area contributed by atoms with Gasteiger partial charge < -0.3 is 9.15 Å². The van der Waals surface area contributed by atoms with E-state index in [2.05, 4.69) is 37.0 Å². The number of ether oxygens (including phenoxy) is 1. The van der Waals surface area contributed by atoms with E-state index in [0.717, 1.165) is 39.0 Å². The second-order valence-corrected chi connectivity index (χ2v) is 6.17. The lowest BCUT2D eigenvalue weighted by molar-refractivity contribution is 0.414. The van der Waals surface area contributed by atoms with E-state index in [1.165, 1.54) is 5.56 Å². The lowest BCUT2D eigenvalue weighted by atomic mass is 9.99. The standard InChI is InChI=1S/C24H18O2/c1-17-7-9-18(10-8-17)11-12-19-5-3-4-6-21(19)23-16-26-24-15-20(25-2)13-14-22(23)24/h3-10,13-16H,1-2H3. The van der Waals surface area contributed by atoms with Crippen LogP contribution in [0.3, 0.4) is 0 Å². The van der Waals surface area contributed by atoms with Gasteiger partial charge in [-0.25, -0.2) is 0 Å². The summed E-state index contributed by atoms with van der Waals surface area (Å²) < 4.78 is 11.0. The molecule has 0 radical (unpaired) electrons. The Morgan fingerprint density at radius 1 is 0.846 bits per heavy atom. The van der Waals surface area contributed by atoms with E-state index in [9.17, 15) is 0 Å². The van der Waals surface area contributed by atoms with Gasteiger partial charge in [0.05, 0.1) is 13.4 Å². The molecule has 3 aromatic carbocycles. The molecule has 0 aliphatic heterocycles. The third-order valence-corrected chi connectivity index (χ3v) is 4.39. The normalized spacial score (nSPS) is 10.4. The number of rotatable bonds is 2. The van der Waals surface area contributed by atoms with Gasteiger partial charge in [0, 0.05) is 33.7 Å². The molecule has 0 bridgehead atoms. The minimum Gasteiger partial charge on any atom is -0.497 e. The summed E-state index contributed by atoms with van der Waals surface area (Å²) in [6.45, 7) is 2.07. The summed E-state index contributed by atoms with van der Waals surface area (Å²) in [6.07, 6.45) is 1.79. The first-order chi connectivity index (χ1) is 12.7. The van der Waals surface area contributed by atoms with E-state index in [4.69, 9.17) is 9.15 Å². The van der Waals surface area contributed by atoms with Crippen molar-refractivity contribution in [1.29, 1.82) is 0 Å². The molecule has 0 aliphatic carbocycles. The van der Waals surface area contributed by atoms with Crippen molar-refractivity contribution in [1.82, 2.24) is 0 Å². The predicted molar refractivity (Wildman–Crippen MR) is 105 cm³/mol. The fourth-order valence-electron chi connectivity index (χ4n) is 2.95. The molecule has 0 saturated heterocycles. The van der Waals surface area contributed by atoms with Crippen LogP contribution >= 0.6 is 0 Å². The van der Waals surface area contributed by atoms with Crippen molar-refractivity contribution in [2.24, 2.45) is 0 Å². The van der Waals surface area contributed by atoms with Crippen LogP contribution in [-0.2, 0) is 0 Å². The molecular weight excluding hydrogens is 320 g/mol. The molecule has 2 nitrogen and oxygen atoms in total. The number of furan rings is 1. The zero-order valence-corrected chi connectivity index (χ0v) is 14.7. The Morgan fingerprint density at radius 2 is 1.65 bits per heavy atom. The quantitative estimate of drug-likeness (QED) is 0.430. The fourth-order valence-corrected chi connectivity index (χ4v) is 2.95. The largest absolute Gasteiger partial charge is 0.497 e. The molecule has 4 rings (SSSR count). The van der Waals surface area contributed by atoms with Gasteiger partial charge in [0.15, 0.2) is 0 Å². The molecule has 0 atom stereocenters. The van der Waals surface area contributed by atoms with E-state index in [1.807, 2.05) is 48.5 Å². The summed E-state index contributed by atoms with van der Waals surface area (Å²) in [5.74, 6) is 7.35. The SMILES string of the molecule is COc1ccc2c(-c3ccccc3C#Cc3ccc(C)cc3)coc2c1. The van der Waals surface area contributed by atoms with Crippen LogP contribution in [0.1, 0.15) is 16.7 Å². The summed E-state index contributed by atoms with van der Waals surface area (Å²) in [7, 11) is 1.65. The van der Waals surface area contributed by atoms with E-state index in [1.54, 1.807) is 13.4 Å². The van der Waals surface area contributed by atoms with Gasteiger partial charge in [-0.15, -0.1) is 0 Å². The van der Waals surface area contributed by atoms with Crippen LogP contribution in [0.5, 0.6) is 5.75 Å². The second kappa shape index (κ2) is 6.82. The summed E-state index contributed by atoms with van der Waals surface area (Å²) in [6, 6.07) is 22.3. The second-order valence-electron chi connectivity index (χ2n) is 6.17. The number of benzene rings is 3. The van der Waals surface area contributed by atoms with Gasteiger partial charge >= 0.3 is 0 Å². The van der Waals surface area contributed by atoms with Crippen molar-refractivity contribution in [3.8, 4) is 28.7 Å². The molecule has 0 saturated carbocycles. The van der Waals surface area contributed by atoms with Crippen molar-refractivity contribution in [2.75, 3.05) is 7.11 Å². The van der Waals surface area contributed by atoms with Gasteiger partial charge in [-0.05, 0) is 37.3 Å². The summed E-state index contributed by atoms with van der Waals surface area (Å²) in [5, 5.41) is 1.05. The average molecular weight is 338 g/mol. The van der Waals surface area contributed by atoms with E-state index in [0.29, 0.717) is 0 Å². The molecule has 0 unspecified atom stereocenters. The van der Waals surface area contributed by atoms with E-state index in [-0.39, 0.29) is 0 Å². The molecule has 126 valence electrons. The fraction of sp³-hybridized carbons (Fsp3) is 0.0833. The Kier molecular flexibility index (Phi) is 4.21. The van der Waals surface area contributed by atoms with Crippen LogP contribution in [-0.4, -0.2) is 7.11 Å². The van der Waals surface area contributed by atoms with E-state index >= 15 is 0 Å². The molecule has 0 spiro atoms. The molecule has 2 heteroatoms. The zero-order chi connectivity index (χ0) is 17.9. The van der Waals surface area contributed by atoms with Gasteiger partial charge in [-0.2, -0.15) is 0 Å². The first-order valence-corrected chi connectivity index (χ1v) is 8.48. The highest BCUT2D eigenvalue weighted by molar-refractivity contribution is 5.96. The number of aryl methyl sites for hydroxylation is 1. The van der Waals surface area contributed by atoms with Crippen molar-refractivity contribution in [2.45, 2.75) is 6.92 Å². The van der Waals surface area contributed by atoms with Crippen LogP contribution < -0.4 is 4.74 Å². The van der Waals surface area contributed by atoms with Gasteiger partial charge in [0.2, 0.25) is 0 Å². The summed E-state index contributed by atoms with van der Waals surface area (Å²) >= 11 is 0. The highest BCUT2D eigenvalue weighted by Gasteiger charge is 2.11. The molecule has 26 heavy (non-hydrogen) atoms. The molecule has 4 aromatic rings. The third-order valence-electron chi connectivity index (χ3n) is 4.39. The molecule has 1 aromatic heterocycles. The summed E-state index contributed by atoms with van der Waals surface area (Å²) in [5.41, 5.74) is 6.13. The lowest BCUT2D eigenvalue weighted by Crippen LogP contribution is -1.84. The van der Waals surface area contributed by atoms with Crippen molar-refractivity contribution in [3.05, 3.63) is 89.7 Å². The van der Waals surface area contributed by atoms with Crippen LogP contribution in [0.2, 0.25) is 0 Å². The van der Waals surface area contributed by atoms with Crippen molar-refractivity contribution in [3.63, 3.8) is 0 Å². The zero-order valence-electron chi connectivity index (χ0n) is 14.7. The maximum Gasteiger partial charge on any atom is 0.138 e. The predicted octanol–water partition coefficient (Wildman–Crippen LogP) is 5.82. The van der Waals surface area contributed by atoms with Crippen molar-refractivity contribution < 1.29 is 9.15 Å². The van der Waals surface area contributed by atoms with Crippen LogP contribution in [0, 0.1) is 18.8 Å². The molecule has 1 heterocycles. The third kappa shape index (κ3) is 3.08. The van der Waals surface area contributed by atoms with Gasteiger partial charge in [0.1, 0.15) is 11.3 Å². The highest BCUT2D eigenvalue weighted by Crippen LogP contribution is 2.34. The number of methoxy groups -OCH3 is 1. The van der Waals surface area contributed by atoms with Crippen LogP contribution in [0.25, 0.3) is 22.1 Å². The Labute approximate surface area is 153 Å². The van der Waals surface area contributed by atoms with E-state index < -0.39 is 0 Å². The van der Waals surface area contributed by atoms with Crippen molar-refractivity contribution >= 4 is 11.0 Å². The molecule has 0 N–H and O–H groups in total. The first-order valence-electron chi connectivity index (χ1n) is 8.48. The molecule has 0 fully saturated rings. The molecule has 0 aliphatic rings. The lowest BCUT2D eigenvalue weighted by Gasteiger charge is -2.03. The molecular formula is C24H18O2. The Bertz CT molecular complexity index is 1120. The monoisotopic (exact) mass is 338 g/mol. The minimum absolute atomic E-state index is 0.783.